The number of hydrogen-bond acceptors (Lipinski definition) is 3. The molecule has 0 bridgehead atoms. The number of amides is 1. The highest BCUT2D eigenvalue weighted by molar-refractivity contribution is 6.30. The quantitative estimate of drug-likeness (QED) is 0.850. The van der Waals surface area contributed by atoms with E-state index in [9.17, 15) is 4.79 Å². The molecule has 0 aliphatic heterocycles. The fraction of sp³-hybridized carbons (Fsp3) is 0.533. The molecule has 1 unspecified atom stereocenters. The van der Waals surface area contributed by atoms with E-state index in [0.29, 0.717) is 17.1 Å². The van der Waals surface area contributed by atoms with Crippen LogP contribution in [0.3, 0.4) is 0 Å². The molecule has 1 aromatic rings. The maximum Gasteiger partial charge on any atom is 0.242 e. The number of carbonyl (C=O) groups excluding carboxylic acids is 1. The summed E-state index contributed by atoms with van der Waals surface area (Å²) in [5, 5.41) is 2.26. The van der Waals surface area contributed by atoms with Gasteiger partial charge in [0.15, 0.2) is 0 Å². The van der Waals surface area contributed by atoms with Crippen molar-refractivity contribution < 1.29 is 14.3 Å². The Kier molecular flexibility index (Phi) is 5.12. The van der Waals surface area contributed by atoms with Crippen LogP contribution in [0.15, 0.2) is 18.2 Å². The van der Waals surface area contributed by atoms with Gasteiger partial charge in [0.05, 0.1) is 14.2 Å². The first-order valence-corrected chi connectivity index (χ1v) is 7.25. The van der Waals surface area contributed by atoms with Crippen molar-refractivity contribution in [3.63, 3.8) is 0 Å². The Morgan fingerprint density at radius 1 is 1.20 bits per heavy atom. The summed E-state index contributed by atoms with van der Waals surface area (Å²) in [7, 11) is 3.14. The molecule has 0 spiro atoms. The van der Waals surface area contributed by atoms with Crippen LogP contribution in [0.25, 0.3) is 0 Å². The highest BCUT2D eigenvalue weighted by atomic mass is 35.5. The monoisotopic (exact) mass is 297 g/mol. The normalized spacial score (nSPS) is 16.8. The fourth-order valence-corrected chi connectivity index (χ4v) is 2.66. The van der Waals surface area contributed by atoms with Crippen molar-refractivity contribution in [2.45, 2.75) is 37.1 Å². The van der Waals surface area contributed by atoms with E-state index in [0.717, 1.165) is 12.8 Å². The lowest BCUT2D eigenvalue weighted by Crippen LogP contribution is -2.34. The second-order valence-corrected chi connectivity index (χ2v) is 5.43. The van der Waals surface area contributed by atoms with Gasteiger partial charge in [-0.1, -0.05) is 12.8 Å². The highest BCUT2D eigenvalue weighted by Gasteiger charge is 2.23. The number of alkyl halides is 1. The summed E-state index contributed by atoms with van der Waals surface area (Å²) in [5.74, 6) is 1.09. The average molecular weight is 298 g/mol. The minimum atomic E-state index is -0.736. The lowest BCUT2D eigenvalue weighted by molar-refractivity contribution is -0.121. The number of nitrogens with one attached hydrogen (secondary N) is 1. The molecule has 0 aromatic heterocycles. The van der Waals surface area contributed by atoms with Crippen LogP contribution in [-0.2, 0) is 4.79 Å². The Hall–Kier alpha value is -1.42. The zero-order chi connectivity index (χ0) is 14.5. The maximum absolute atomic E-state index is 12.2. The number of carbonyl (C=O) groups is 1. The van der Waals surface area contributed by atoms with Crippen molar-refractivity contribution in [3.8, 4) is 11.5 Å². The third-order valence-corrected chi connectivity index (χ3v) is 4.05. The summed E-state index contributed by atoms with van der Waals surface area (Å²) in [6, 6.07) is 5.53. The van der Waals surface area contributed by atoms with Gasteiger partial charge >= 0.3 is 0 Å². The third kappa shape index (κ3) is 3.57. The van der Waals surface area contributed by atoms with Gasteiger partial charge < -0.3 is 14.8 Å². The molecule has 1 fully saturated rings. The van der Waals surface area contributed by atoms with Gasteiger partial charge in [-0.25, -0.2) is 0 Å². The first-order chi connectivity index (χ1) is 9.63. The molecule has 1 aromatic carbocycles. The van der Waals surface area contributed by atoms with Crippen molar-refractivity contribution in [1.29, 1.82) is 0 Å². The van der Waals surface area contributed by atoms with Gasteiger partial charge in [0, 0.05) is 12.1 Å². The summed E-state index contributed by atoms with van der Waals surface area (Å²) in [5.41, 5.74) is 0.679. The van der Waals surface area contributed by atoms with Crippen LogP contribution in [0.1, 0.15) is 36.6 Å². The molecule has 4 nitrogen and oxygen atoms in total. The van der Waals surface area contributed by atoms with E-state index in [1.165, 1.54) is 12.8 Å². The first-order valence-electron chi connectivity index (χ1n) is 6.81. The SMILES string of the molecule is COc1cc(OC)cc(C(Cl)C(=O)NC2CCCC2)c1. The lowest BCUT2D eigenvalue weighted by Gasteiger charge is -2.16. The molecule has 20 heavy (non-hydrogen) atoms. The van der Waals surface area contributed by atoms with E-state index in [1.807, 2.05) is 0 Å². The van der Waals surface area contributed by atoms with Gasteiger partial charge in [0.1, 0.15) is 16.9 Å². The van der Waals surface area contributed by atoms with Crippen LogP contribution in [-0.4, -0.2) is 26.2 Å². The number of rotatable bonds is 5. The summed E-state index contributed by atoms with van der Waals surface area (Å²) in [4.78, 5) is 12.2. The van der Waals surface area contributed by atoms with Crippen molar-refractivity contribution in [1.82, 2.24) is 5.32 Å². The minimum absolute atomic E-state index is 0.158. The smallest absolute Gasteiger partial charge is 0.242 e. The molecule has 0 saturated heterocycles. The Labute approximate surface area is 124 Å². The van der Waals surface area contributed by atoms with E-state index < -0.39 is 5.38 Å². The number of ether oxygens (including phenoxy) is 2. The van der Waals surface area contributed by atoms with Crippen LogP contribution in [0, 0.1) is 0 Å². The zero-order valence-corrected chi connectivity index (χ0v) is 12.6. The topological polar surface area (TPSA) is 47.6 Å². The van der Waals surface area contributed by atoms with E-state index >= 15 is 0 Å². The molecule has 1 amide bonds. The van der Waals surface area contributed by atoms with Crippen LogP contribution < -0.4 is 14.8 Å². The summed E-state index contributed by atoms with van der Waals surface area (Å²) < 4.78 is 10.4. The van der Waals surface area contributed by atoms with Crippen molar-refractivity contribution in [2.75, 3.05) is 14.2 Å². The number of benzene rings is 1. The van der Waals surface area contributed by atoms with Crippen LogP contribution in [0.5, 0.6) is 11.5 Å². The van der Waals surface area contributed by atoms with Gasteiger partial charge in [-0.3, -0.25) is 4.79 Å². The fourth-order valence-electron chi connectivity index (χ4n) is 2.47. The molecule has 2 rings (SSSR count). The predicted molar refractivity (Wildman–Crippen MR) is 78.5 cm³/mol. The van der Waals surface area contributed by atoms with Gasteiger partial charge in [-0.15, -0.1) is 11.6 Å². The number of methoxy groups -OCH3 is 2. The van der Waals surface area contributed by atoms with Crippen molar-refractivity contribution >= 4 is 17.5 Å². The summed E-state index contributed by atoms with van der Waals surface area (Å²) >= 11 is 6.27. The molecule has 1 aliphatic carbocycles. The number of halogens is 1. The van der Waals surface area contributed by atoms with Crippen molar-refractivity contribution in [2.24, 2.45) is 0 Å². The third-order valence-electron chi connectivity index (χ3n) is 3.60. The Morgan fingerprint density at radius 2 is 1.75 bits per heavy atom. The Bertz CT molecular complexity index is 450. The average Bonchev–Trinajstić information content (AvgIpc) is 2.98. The van der Waals surface area contributed by atoms with Gasteiger partial charge in [-0.05, 0) is 30.5 Å². The van der Waals surface area contributed by atoms with E-state index in [-0.39, 0.29) is 11.9 Å². The zero-order valence-electron chi connectivity index (χ0n) is 11.8. The molecular formula is C15H20ClNO3. The Balaban J connectivity index is 2.10. The second-order valence-electron chi connectivity index (χ2n) is 5.00. The summed E-state index contributed by atoms with van der Waals surface area (Å²) in [6.45, 7) is 0. The predicted octanol–water partition coefficient (Wildman–Crippen LogP) is 3.04. The van der Waals surface area contributed by atoms with E-state index in [4.69, 9.17) is 21.1 Å². The minimum Gasteiger partial charge on any atom is -0.497 e. The van der Waals surface area contributed by atoms with Gasteiger partial charge in [-0.2, -0.15) is 0 Å². The van der Waals surface area contributed by atoms with Crippen LogP contribution in [0.4, 0.5) is 0 Å². The molecule has 1 atom stereocenters. The standard InChI is InChI=1S/C15H20ClNO3/c1-19-12-7-10(8-13(9-12)20-2)14(16)15(18)17-11-5-3-4-6-11/h7-9,11,14H,3-6H2,1-2H3,(H,17,18). The molecule has 1 saturated carbocycles. The first kappa shape index (κ1) is 15.0. The largest absolute Gasteiger partial charge is 0.497 e. The highest BCUT2D eigenvalue weighted by Crippen LogP contribution is 2.30. The van der Waals surface area contributed by atoms with Crippen molar-refractivity contribution in [3.05, 3.63) is 23.8 Å². The number of hydrogen-bond donors (Lipinski definition) is 1. The molecule has 0 radical (unpaired) electrons. The lowest BCUT2D eigenvalue weighted by atomic mass is 10.1. The molecule has 110 valence electrons. The molecule has 0 heterocycles. The Morgan fingerprint density at radius 3 is 2.25 bits per heavy atom. The van der Waals surface area contributed by atoms with E-state index in [2.05, 4.69) is 5.32 Å². The maximum atomic E-state index is 12.2. The van der Waals surface area contributed by atoms with Gasteiger partial charge in [0.2, 0.25) is 5.91 Å². The van der Waals surface area contributed by atoms with Crippen LogP contribution in [0.2, 0.25) is 0 Å². The second kappa shape index (κ2) is 6.84. The van der Waals surface area contributed by atoms with Gasteiger partial charge in [0.25, 0.3) is 0 Å². The van der Waals surface area contributed by atoms with Crippen LogP contribution >= 0.6 is 11.6 Å². The molecule has 1 N–H and O–H groups in total. The molecular weight excluding hydrogens is 278 g/mol. The van der Waals surface area contributed by atoms with E-state index in [1.54, 1.807) is 32.4 Å². The molecule has 1 aliphatic rings. The summed E-state index contributed by atoms with van der Waals surface area (Å²) in [6.07, 6.45) is 4.42. The molecule has 5 heteroatoms.